The highest BCUT2D eigenvalue weighted by Crippen LogP contribution is 2.56. The lowest BCUT2D eigenvalue weighted by Gasteiger charge is -2.32. The van der Waals surface area contributed by atoms with Crippen LogP contribution < -0.4 is 10.9 Å². The number of benzene rings is 2. The predicted molar refractivity (Wildman–Crippen MR) is 169 cm³/mol. The predicted octanol–water partition coefficient (Wildman–Crippen LogP) is 7.28. The molecule has 0 spiro atoms. The molecule has 2 saturated carbocycles. The fourth-order valence-electron chi connectivity index (χ4n) is 8.41. The molecule has 0 amide bonds. The van der Waals surface area contributed by atoms with Gasteiger partial charge in [-0.25, -0.2) is 0 Å². The van der Waals surface area contributed by atoms with Gasteiger partial charge in [0.2, 0.25) is 0 Å². The van der Waals surface area contributed by atoms with Gasteiger partial charge in [0.1, 0.15) is 0 Å². The maximum Gasteiger partial charge on any atom is 0.495 e. The van der Waals surface area contributed by atoms with Crippen molar-refractivity contribution in [3.05, 3.63) is 46.5 Å². The Hall–Kier alpha value is -1.59. The Bertz CT molecular complexity index is 1360. The molecule has 2 bridgehead atoms. The highest BCUT2D eigenvalue weighted by atomic mass is 16.7. The first-order valence-corrected chi connectivity index (χ1v) is 16.2. The van der Waals surface area contributed by atoms with Gasteiger partial charge in [0.25, 0.3) is 0 Å². The van der Waals surface area contributed by atoms with E-state index in [0.717, 1.165) is 0 Å². The molecule has 4 fully saturated rings. The summed E-state index contributed by atoms with van der Waals surface area (Å²) in [6.45, 7) is 19.5. The summed E-state index contributed by atoms with van der Waals surface area (Å²) in [5, 5.41) is 0. The molecule has 5 aliphatic rings. The summed E-state index contributed by atoms with van der Waals surface area (Å²) in [5.74, 6) is 1.83. The van der Waals surface area contributed by atoms with Crippen LogP contribution >= 0.6 is 0 Å². The zero-order valence-electron chi connectivity index (χ0n) is 26.8. The molecule has 7 rings (SSSR count). The smallest absolute Gasteiger partial charge is 0.399 e. The number of hydrogen-bond acceptors (Lipinski definition) is 4. The molecule has 218 valence electrons. The van der Waals surface area contributed by atoms with Crippen LogP contribution in [0.5, 0.6) is 0 Å². The Morgan fingerprint density at radius 3 is 1.51 bits per heavy atom. The summed E-state index contributed by atoms with van der Waals surface area (Å²) >= 11 is 0. The monoisotopic (exact) mass is 554 g/mol. The third kappa shape index (κ3) is 4.18. The molecule has 2 aromatic carbocycles. The highest BCUT2D eigenvalue weighted by Gasteiger charge is 2.55. The largest absolute Gasteiger partial charge is 0.495 e. The van der Waals surface area contributed by atoms with Crippen molar-refractivity contribution in [3.8, 4) is 11.1 Å². The summed E-state index contributed by atoms with van der Waals surface area (Å²) in [6.07, 6.45) is 9.00. The van der Waals surface area contributed by atoms with Crippen LogP contribution in [-0.2, 0) is 18.6 Å². The minimum absolute atomic E-state index is 0.302. The first-order valence-electron chi connectivity index (χ1n) is 16.2. The van der Waals surface area contributed by atoms with Crippen molar-refractivity contribution in [1.82, 2.24) is 0 Å². The fraction of sp³-hybridized carbons (Fsp3) is 0.657. The topological polar surface area (TPSA) is 36.9 Å². The first kappa shape index (κ1) is 28.2. The lowest BCUT2D eigenvalue weighted by atomic mass is 9.68. The number of rotatable bonds is 4. The summed E-state index contributed by atoms with van der Waals surface area (Å²) in [5.41, 5.74) is 9.97. The third-order valence-electron chi connectivity index (χ3n) is 12.2. The van der Waals surface area contributed by atoms with Crippen LogP contribution in [0.25, 0.3) is 11.1 Å². The van der Waals surface area contributed by atoms with Gasteiger partial charge in [0.15, 0.2) is 0 Å². The molecular formula is C35H48B2O4. The van der Waals surface area contributed by atoms with Crippen LogP contribution in [0.1, 0.15) is 140 Å². The first-order chi connectivity index (χ1) is 19.2. The standard InChI is InChI=1S/C35H48B2O4/c1-21-27(36-38-32(2,3)33(4,5)39-36)18-16-25(29(21)22-12-10-11-13-22)26-17-19-28(31-24-15-14-23(20-24)30(26)31)37-40-34(6,7)35(8,9)41-37/h16-19,22-24H,10-15,20H2,1-9H3. The van der Waals surface area contributed by atoms with Crippen molar-refractivity contribution < 1.29 is 18.6 Å². The van der Waals surface area contributed by atoms with Gasteiger partial charge in [-0.15, -0.1) is 0 Å². The normalized spacial score (nSPS) is 29.1. The molecular weight excluding hydrogens is 506 g/mol. The fourth-order valence-corrected chi connectivity index (χ4v) is 8.41. The maximum atomic E-state index is 6.61. The maximum absolute atomic E-state index is 6.61. The lowest BCUT2D eigenvalue weighted by Crippen LogP contribution is -2.41. The molecule has 0 N–H and O–H groups in total. The zero-order valence-corrected chi connectivity index (χ0v) is 26.8. The molecule has 0 radical (unpaired) electrons. The Morgan fingerprint density at radius 1 is 0.537 bits per heavy atom. The molecule has 2 unspecified atom stereocenters. The van der Waals surface area contributed by atoms with E-state index in [1.807, 2.05) is 0 Å². The lowest BCUT2D eigenvalue weighted by molar-refractivity contribution is 0.00578. The van der Waals surface area contributed by atoms with E-state index in [-0.39, 0.29) is 36.6 Å². The van der Waals surface area contributed by atoms with E-state index in [9.17, 15) is 0 Å². The second-order valence-corrected chi connectivity index (χ2v) is 15.6. The van der Waals surface area contributed by atoms with Gasteiger partial charge in [0.05, 0.1) is 22.4 Å². The Labute approximate surface area is 248 Å². The van der Waals surface area contributed by atoms with E-state index >= 15 is 0 Å². The summed E-state index contributed by atoms with van der Waals surface area (Å²) in [4.78, 5) is 0. The minimum Gasteiger partial charge on any atom is -0.399 e. The minimum atomic E-state index is -0.348. The van der Waals surface area contributed by atoms with Crippen molar-refractivity contribution in [2.24, 2.45) is 0 Å². The van der Waals surface area contributed by atoms with Crippen molar-refractivity contribution in [1.29, 1.82) is 0 Å². The van der Waals surface area contributed by atoms with Crippen LogP contribution in [0.3, 0.4) is 0 Å². The van der Waals surface area contributed by atoms with Crippen molar-refractivity contribution in [3.63, 3.8) is 0 Å². The molecule has 2 aromatic rings. The third-order valence-corrected chi connectivity index (χ3v) is 12.2. The van der Waals surface area contributed by atoms with Gasteiger partial charge in [-0.2, -0.15) is 0 Å². The molecule has 0 aromatic heterocycles. The van der Waals surface area contributed by atoms with Crippen LogP contribution in [0.15, 0.2) is 24.3 Å². The van der Waals surface area contributed by atoms with E-state index < -0.39 is 0 Å². The van der Waals surface area contributed by atoms with Gasteiger partial charge in [-0.3, -0.25) is 0 Å². The van der Waals surface area contributed by atoms with Crippen LogP contribution in [0.2, 0.25) is 0 Å². The van der Waals surface area contributed by atoms with Crippen LogP contribution in [-0.4, -0.2) is 36.6 Å². The molecule has 3 aliphatic carbocycles. The van der Waals surface area contributed by atoms with E-state index in [1.54, 1.807) is 5.56 Å². The second-order valence-electron chi connectivity index (χ2n) is 15.6. The molecule has 2 heterocycles. The molecule has 2 atom stereocenters. The molecule has 4 nitrogen and oxygen atoms in total. The van der Waals surface area contributed by atoms with Gasteiger partial charge >= 0.3 is 14.2 Å². The SMILES string of the molecule is Cc1c(B2OC(C)(C)C(C)(C)O2)ccc(-c2ccc(B3OC(C)(C)C(C)(C)O3)c3c2C2CCC3C2)c1C1CCCC1. The van der Waals surface area contributed by atoms with E-state index in [1.165, 1.54) is 83.7 Å². The summed E-state index contributed by atoms with van der Waals surface area (Å²) in [6, 6.07) is 9.44. The zero-order chi connectivity index (χ0) is 29.1. The molecule has 6 heteroatoms. The average molecular weight is 554 g/mol. The molecule has 2 aliphatic heterocycles. The van der Waals surface area contributed by atoms with Crippen LogP contribution in [0, 0.1) is 6.92 Å². The van der Waals surface area contributed by atoms with E-state index in [0.29, 0.717) is 17.8 Å². The average Bonchev–Trinajstić information content (AvgIpc) is 3.69. The van der Waals surface area contributed by atoms with Gasteiger partial charge < -0.3 is 18.6 Å². The van der Waals surface area contributed by atoms with Crippen molar-refractivity contribution in [2.75, 3.05) is 0 Å². The quantitative estimate of drug-likeness (QED) is 0.373. The number of hydrogen-bond donors (Lipinski definition) is 0. The second kappa shape index (κ2) is 9.21. The Morgan fingerprint density at radius 2 is 0.976 bits per heavy atom. The van der Waals surface area contributed by atoms with E-state index in [4.69, 9.17) is 18.6 Å². The Balaban J connectivity index is 1.36. The number of fused-ring (bicyclic) bond motifs is 5. The summed E-state index contributed by atoms with van der Waals surface area (Å²) in [7, 11) is -0.634. The van der Waals surface area contributed by atoms with E-state index in [2.05, 4.69) is 86.6 Å². The Kier molecular flexibility index (Phi) is 6.33. The van der Waals surface area contributed by atoms with Gasteiger partial charge in [0, 0.05) is 0 Å². The molecule has 2 saturated heterocycles. The summed E-state index contributed by atoms with van der Waals surface area (Å²) < 4.78 is 26.3. The van der Waals surface area contributed by atoms with Gasteiger partial charge in [-0.1, -0.05) is 37.1 Å². The van der Waals surface area contributed by atoms with Crippen molar-refractivity contribution in [2.45, 2.75) is 147 Å². The van der Waals surface area contributed by atoms with Gasteiger partial charge in [-0.05, 0) is 156 Å². The van der Waals surface area contributed by atoms with Crippen molar-refractivity contribution >= 4 is 25.2 Å². The van der Waals surface area contributed by atoms with Crippen LogP contribution in [0.4, 0.5) is 0 Å². The molecule has 41 heavy (non-hydrogen) atoms. The highest BCUT2D eigenvalue weighted by molar-refractivity contribution is 6.63.